The summed E-state index contributed by atoms with van der Waals surface area (Å²) in [6.45, 7) is 2.08. The summed E-state index contributed by atoms with van der Waals surface area (Å²) in [5.41, 5.74) is 2.41. The Balaban J connectivity index is 2.16. The van der Waals surface area contributed by atoms with E-state index in [2.05, 4.69) is 24.8 Å². The minimum Gasteiger partial charge on any atom is -0.204 e. The Kier molecular flexibility index (Phi) is 4.68. The van der Waals surface area contributed by atoms with E-state index in [0.29, 0.717) is 5.56 Å². The molecule has 0 unspecified atom stereocenters. The highest BCUT2D eigenvalue weighted by Gasteiger charge is 1.99. The number of hydrogen-bond acceptors (Lipinski definition) is 0. The largest absolute Gasteiger partial charge is 0.204 e. The predicted molar refractivity (Wildman–Crippen MR) is 78.1 cm³/mol. The topological polar surface area (TPSA) is 0 Å². The summed E-state index contributed by atoms with van der Waals surface area (Å²) >= 11 is 0. The second-order valence-corrected chi connectivity index (χ2v) is 4.31. The third-order valence-electron chi connectivity index (χ3n) is 2.73. The quantitative estimate of drug-likeness (QED) is 0.687. The van der Waals surface area contributed by atoms with Gasteiger partial charge in [0, 0.05) is 11.1 Å². The molecule has 0 aromatic heterocycles. The van der Waals surface area contributed by atoms with E-state index in [1.54, 1.807) is 0 Å². The maximum absolute atomic E-state index is 13.0. The van der Waals surface area contributed by atoms with Gasteiger partial charge in [0.25, 0.3) is 0 Å². The summed E-state index contributed by atoms with van der Waals surface area (Å²) in [5, 5.41) is 0. The number of allylic oxidation sites excluding steroid dienone is 1. The second kappa shape index (κ2) is 6.68. The van der Waals surface area contributed by atoms with E-state index in [-0.39, 0.29) is 0 Å². The molecular formula is C18H14F2. The van der Waals surface area contributed by atoms with Crippen LogP contribution in [0.25, 0.3) is 6.08 Å². The summed E-state index contributed by atoms with van der Waals surface area (Å²) < 4.78 is 25.8. The maximum Gasteiger partial charge on any atom is 0.160 e. The Morgan fingerprint density at radius 2 is 1.55 bits per heavy atom. The monoisotopic (exact) mass is 268 g/mol. The highest BCUT2D eigenvalue weighted by atomic mass is 19.2. The van der Waals surface area contributed by atoms with Gasteiger partial charge in [-0.2, -0.15) is 0 Å². The Hall–Kier alpha value is -2.40. The molecule has 0 atom stereocenters. The van der Waals surface area contributed by atoms with Crippen molar-refractivity contribution in [3.63, 3.8) is 0 Å². The summed E-state index contributed by atoms with van der Waals surface area (Å²) in [6.07, 6.45) is 5.13. The van der Waals surface area contributed by atoms with Crippen LogP contribution < -0.4 is 0 Å². The van der Waals surface area contributed by atoms with E-state index in [1.807, 2.05) is 30.3 Å². The third kappa shape index (κ3) is 3.80. The van der Waals surface area contributed by atoms with Gasteiger partial charge in [-0.3, -0.25) is 0 Å². The molecule has 2 heteroatoms. The maximum atomic E-state index is 13.0. The lowest BCUT2D eigenvalue weighted by Gasteiger charge is -1.95. The summed E-state index contributed by atoms with van der Waals surface area (Å²) in [5.74, 6) is 4.01. The van der Waals surface area contributed by atoms with E-state index in [1.165, 1.54) is 6.07 Å². The van der Waals surface area contributed by atoms with Crippen LogP contribution in [0.1, 0.15) is 30.0 Å². The molecule has 0 bridgehead atoms. The van der Waals surface area contributed by atoms with Gasteiger partial charge in [0.15, 0.2) is 11.6 Å². The molecule has 0 aliphatic carbocycles. The molecule has 0 amide bonds. The van der Waals surface area contributed by atoms with Crippen LogP contribution in [-0.2, 0) is 0 Å². The average molecular weight is 268 g/mol. The lowest BCUT2D eigenvalue weighted by Crippen LogP contribution is -1.84. The zero-order chi connectivity index (χ0) is 14.4. The Labute approximate surface area is 117 Å². The summed E-state index contributed by atoms with van der Waals surface area (Å²) in [6, 6.07) is 11.4. The first-order valence-corrected chi connectivity index (χ1v) is 6.42. The molecule has 2 aromatic rings. The SMILES string of the molecule is CC/C=C/c1ccc(C#Cc2ccc(F)c(F)c2)cc1. The Morgan fingerprint density at radius 1 is 0.900 bits per heavy atom. The number of hydrogen-bond donors (Lipinski definition) is 0. The van der Waals surface area contributed by atoms with Crippen LogP contribution in [0.2, 0.25) is 0 Å². The van der Waals surface area contributed by atoms with Crippen molar-refractivity contribution >= 4 is 6.08 Å². The Bertz CT molecular complexity index is 671. The first kappa shape index (κ1) is 14.0. The van der Waals surface area contributed by atoms with Gasteiger partial charge >= 0.3 is 0 Å². The molecule has 0 nitrogen and oxygen atoms in total. The lowest BCUT2D eigenvalue weighted by molar-refractivity contribution is 0.508. The van der Waals surface area contributed by atoms with Crippen molar-refractivity contribution in [1.29, 1.82) is 0 Å². The van der Waals surface area contributed by atoms with Crippen LogP contribution >= 0.6 is 0 Å². The van der Waals surface area contributed by atoms with Crippen LogP contribution in [0.5, 0.6) is 0 Å². The fourth-order valence-corrected chi connectivity index (χ4v) is 1.65. The van der Waals surface area contributed by atoms with Gasteiger partial charge in [-0.1, -0.05) is 43.0 Å². The van der Waals surface area contributed by atoms with Crippen molar-refractivity contribution in [2.24, 2.45) is 0 Å². The van der Waals surface area contributed by atoms with Crippen molar-refractivity contribution in [2.75, 3.05) is 0 Å². The molecule has 2 rings (SSSR count). The van der Waals surface area contributed by atoms with Crippen molar-refractivity contribution < 1.29 is 8.78 Å². The highest BCUT2D eigenvalue weighted by Crippen LogP contribution is 2.09. The summed E-state index contributed by atoms with van der Waals surface area (Å²) in [4.78, 5) is 0. The average Bonchev–Trinajstić information content (AvgIpc) is 2.47. The van der Waals surface area contributed by atoms with E-state index in [9.17, 15) is 8.78 Å². The number of benzene rings is 2. The molecule has 0 radical (unpaired) electrons. The van der Waals surface area contributed by atoms with Crippen molar-refractivity contribution in [3.05, 3.63) is 76.9 Å². The van der Waals surface area contributed by atoms with Gasteiger partial charge < -0.3 is 0 Å². The number of rotatable bonds is 2. The lowest BCUT2D eigenvalue weighted by atomic mass is 10.1. The van der Waals surface area contributed by atoms with Crippen LogP contribution in [0, 0.1) is 23.5 Å². The van der Waals surface area contributed by atoms with Crippen LogP contribution in [-0.4, -0.2) is 0 Å². The zero-order valence-corrected chi connectivity index (χ0v) is 11.2. The van der Waals surface area contributed by atoms with Crippen molar-refractivity contribution in [2.45, 2.75) is 13.3 Å². The third-order valence-corrected chi connectivity index (χ3v) is 2.73. The van der Waals surface area contributed by atoms with Crippen molar-refractivity contribution in [3.8, 4) is 11.8 Å². The fourth-order valence-electron chi connectivity index (χ4n) is 1.65. The van der Waals surface area contributed by atoms with E-state index >= 15 is 0 Å². The fraction of sp³-hybridized carbons (Fsp3) is 0.111. The molecule has 0 saturated carbocycles. The summed E-state index contributed by atoms with van der Waals surface area (Å²) in [7, 11) is 0. The minimum absolute atomic E-state index is 0.457. The minimum atomic E-state index is -0.878. The molecule has 20 heavy (non-hydrogen) atoms. The van der Waals surface area contributed by atoms with Gasteiger partial charge in [0.1, 0.15) is 0 Å². The van der Waals surface area contributed by atoms with Crippen LogP contribution in [0.3, 0.4) is 0 Å². The molecule has 100 valence electrons. The highest BCUT2D eigenvalue weighted by molar-refractivity contribution is 5.52. The molecule has 0 N–H and O–H groups in total. The van der Waals surface area contributed by atoms with Crippen molar-refractivity contribution in [1.82, 2.24) is 0 Å². The molecule has 0 aliphatic heterocycles. The van der Waals surface area contributed by atoms with Crippen LogP contribution in [0.15, 0.2) is 48.5 Å². The second-order valence-electron chi connectivity index (χ2n) is 4.31. The molecule has 0 spiro atoms. The molecule has 0 fully saturated rings. The van der Waals surface area contributed by atoms with Gasteiger partial charge in [0.05, 0.1) is 0 Å². The van der Waals surface area contributed by atoms with Gasteiger partial charge in [0.2, 0.25) is 0 Å². The molecular weight excluding hydrogens is 254 g/mol. The van der Waals surface area contributed by atoms with Crippen LogP contribution in [0.4, 0.5) is 8.78 Å². The van der Waals surface area contributed by atoms with Gasteiger partial charge in [-0.25, -0.2) is 8.78 Å². The molecule has 0 saturated heterocycles. The first-order valence-electron chi connectivity index (χ1n) is 6.42. The molecule has 0 aliphatic rings. The Morgan fingerprint density at radius 3 is 2.20 bits per heavy atom. The smallest absolute Gasteiger partial charge is 0.160 e. The van der Waals surface area contributed by atoms with E-state index in [0.717, 1.165) is 29.7 Å². The molecule has 0 heterocycles. The van der Waals surface area contributed by atoms with E-state index in [4.69, 9.17) is 0 Å². The number of halogens is 2. The molecule has 2 aromatic carbocycles. The zero-order valence-electron chi connectivity index (χ0n) is 11.2. The van der Waals surface area contributed by atoms with Gasteiger partial charge in [-0.15, -0.1) is 0 Å². The normalized spacial score (nSPS) is 10.3. The standard InChI is InChI=1S/C18H14F2/c1-2-3-4-14-5-7-15(8-6-14)9-10-16-11-12-17(19)18(20)13-16/h3-8,11-13H,2H2,1H3/b4-3+. The van der Waals surface area contributed by atoms with E-state index < -0.39 is 11.6 Å². The van der Waals surface area contributed by atoms with Gasteiger partial charge in [-0.05, 0) is 42.3 Å². The predicted octanol–water partition coefficient (Wildman–Crippen LogP) is 4.79. The first-order chi connectivity index (χ1) is 9.69.